The van der Waals surface area contributed by atoms with Crippen molar-refractivity contribution in [1.29, 1.82) is 0 Å². The van der Waals surface area contributed by atoms with E-state index in [-0.39, 0.29) is 24.0 Å². The molecule has 0 aromatic carbocycles. The Morgan fingerprint density at radius 1 is 1.22 bits per heavy atom. The van der Waals surface area contributed by atoms with Crippen molar-refractivity contribution in [2.75, 3.05) is 46.0 Å². The van der Waals surface area contributed by atoms with Gasteiger partial charge in [-0.1, -0.05) is 6.42 Å². The molecule has 0 amide bonds. The third-order valence-electron chi connectivity index (χ3n) is 7.94. The molecule has 32 heavy (non-hydrogen) atoms. The van der Waals surface area contributed by atoms with E-state index in [2.05, 4.69) is 25.7 Å². The lowest BCUT2D eigenvalue weighted by Gasteiger charge is -2.63. The van der Waals surface area contributed by atoms with Crippen LogP contribution in [0.25, 0.3) is 0 Å². The maximum absolute atomic E-state index is 6.10. The van der Waals surface area contributed by atoms with Crippen molar-refractivity contribution in [2.24, 2.45) is 23.4 Å². The number of ether oxygens (including phenoxy) is 2. The van der Waals surface area contributed by atoms with Crippen LogP contribution in [0.4, 0.5) is 0 Å². The number of guanidine groups is 1. The molecule has 0 bridgehead atoms. The number of aromatic nitrogens is 3. The van der Waals surface area contributed by atoms with E-state index < -0.39 is 0 Å². The van der Waals surface area contributed by atoms with Crippen molar-refractivity contribution in [3.8, 4) is 0 Å². The number of hydrogen-bond donors (Lipinski definition) is 2. The number of rotatable bonds is 7. The normalized spacial score (nSPS) is 29.1. The van der Waals surface area contributed by atoms with Crippen LogP contribution in [-0.4, -0.2) is 83.8 Å². The average molecular weight is 559 g/mol. The first-order valence-corrected chi connectivity index (χ1v) is 12.0. The van der Waals surface area contributed by atoms with Gasteiger partial charge in [-0.05, 0) is 39.2 Å². The summed E-state index contributed by atoms with van der Waals surface area (Å²) in [4.78, 5) is 7.39. The van der Waals surface area contributed by atoms with E-state index in [9.17, 15) is 0 Å². The fourth-order valence-corrected chi connectivity index (χ4v) is 5.83. The van der Waals surface area contributed by atoms with E-state index in [0.717, 1.165) is 76.4 Å². The number of nitrogens with one attached hydrogen (secondary N) is 2. The molecule has 10 heteroatoms. The minimum absolute atomic E-state index is 0. The van der Waals surface area contributed by atoms with Gasteiger partial charge in [-0.2, -0.15) is 0 Å². The highest BCUT2D eigenvalue weighted by Crippen LogP contribution is 2.62. The van der Waals surface area contributed by atoms with E-state index >= 15 is 0 Å². The number of hydrogen-bond acceptors (Lipinski definition) is 6. The molecule has 1 spiro atoms. The molecule has 3 unspecified atom stereocenters. The van der Waals surface area contributed by atoms with Gasteiger partial charge < -0.3 is 24.7 Å². The van der Waals surface area contributed by atoms with E-state index in [1.165, 1.54) is 19.3 Å². The second-order valence-corrected chi connectivity index (χ2v) is 9.57. The lowest BCUT2D eigenvalue weighted by molar-refractivity contribution is -0.171. The maximum Gasteiger partial charge on any atom is 0.191 e. The molecule has 4 aliphatic rings. The van der Waals surface area contributed by atoms with Crippen LogP contribution < -0.4 is 10.6 Å². The van der Waals surface area contributed by atoms with Crippen LogP contribution in [0.15, 0.2) is 4.99 Å². The highest BCUT2D eigenvalue weighted by atomic mass is 127. The monoisotopic (exact) mass is 559 g/mol. The van der Waals surface area contributed by atoms with Gasteiger partial charge >= 0.3 is 0 Å². The summed E-state index contributed by atoms with van der Waals surface area (Å²) in [5.74, 6) is 3.33. The van der Waals surface area contributed by atoms with Crippen LogP contribution in [0.2, 0.25) is 0 Å². The fourth-order valence-electron chi connectivity index (χ4n) is 5.83. The summed E-state index contributed by atoms with van der Waals surface area (Å²) in [7, 11) is 2.00. The van der Waals surface area contributed by atoms with Gasteiger partial charge in [0.2, 0.25) is 0 Å². The largest absolute Gasteiger partial charge is 0.379 e. The molecule has 5 rings (SSSR count). The molecule has 4 fully saturated rings. The molecule has 1 aromatic heterocycles. The van der Waals surface area contributed by atoms with Gasteiger partial charge in [0, 0.05) is 50.7 Å². The third kappa shape index (κ3) is 4.65. The minimum Gasteiger partial charge on any atom is -0.379 e. The molecule has 2 aliphatic carbocycles. The number of morpholine rings is 1. The van der Waals surface area contributed by atoms with Crippen molar-refractivity contribution in [1.82, 2.24) is 30.3 Å². The van der Waals surface area contributed by atoms with Crippen LogP contribution in [0.3, 0.4) is 0 Å². The number of fused-ring (bicyclic) bond motifs is 2. The van der Waals surface area contributed by atoms with Crippen molar-refractivity contribution >= 4 is 29.9 Å². The summed E-state index contributed by atoms with van der Waals surface area (Å²) in [6.45, 7) is 9.20. The summed E-state index contributed by atoms with van der Waals surface area (Å²) in [5.41, 5.74) is 0.332. The Morgan fingerprint density at radius 2 is 2.03 bits per heavy atom. The Labute approximate surface area is 208 Å². The van der Waals surface area contributed by atoms with Crippen LogP contribution in [-0.2, 0) is 23.1 Å². The maximum atomic E-state index is 6.10. The molecule has 2 saturated heterocycles. The Hall–Kier alpha value is -0.980. The van der Waals surface area contributed by atoms with E-state index in [0.29, 0.717) is 30.0 Å². The van der Waals surface area contributed by atoms with Gasteiger partial charge in [0.05, 0.1) is 19.3 Å². The van der Waals surface area contributed by atoms with Gasteiger partial charge in [0.25, 0.3) is 0 Å². The predicted octanol–water partition coefficient (Wildman–Crippen LogP) is 1.46. The van der Waals surface area contributed by atoms with E-state index in [4.69, 9.17) is 14.5 Å². The summed E-state index contributed by atoms with van der Waals surface area (Å²) < 4.78 is 13.6. The predicted molar refractivity (Wildman–Crippen MR) is 133 cm³/mol. The average Bonchev–Trinajstić information content (AvgIpc) is 3.31. The highest BCUT2D eigenvalue weighted by molar-refractivity contribution is 14.0. The van der Waals surface area contributed by atoms with Gasteiger partial charge in [0.15, 0.2) is 11.8 Å². The molecular formula is C22H38IN7O2. The Bertz CT molecular complexity index is 791. The Morgan fingerprint density at radius 3 is 2.72 bits per heavy atom. The topological polar surface area (TPSA) is 88.8 Å². The van der Waals surface area contributed by atoms with Gasteiger partial charge in [0.1, 0.15) is 12.4 Å². The number of aryl methyl sites for hydroxylation is 1. The zero-order valence-corrected chi connectivity index (χ0v) is 21.7. The summed E-state index contributed by atoms with van der Waals surface area (Å²) in [6, 6.07) is 0.473. The van der Waals surface area contributed by atoms with Crippen LogP contribution in [0, 0.1) is 18.3 Å². The first-order valence-electron chi connectivity index (χ1n) is 12.0. The van der Waals surface area contributed by atoms with Crippen LogP contribution in [0.1, 0.15) is 43.8 Å². The minimum atomic E-state index is 0. The Kier molecular flexibility index (Phi) is 7.94. The highest BCUT2D eigenvalue weighted by Gasteiger charge is 2.66. The quantitative estimate of drug-likeness (QED) is 0.226. The molecule has 180 valence electrons. The Balaban J connectivity index is 0.00000245. The van der Waals surface area contributed by atoms with E-state index in [1.54, 1.807) is 0 Å². The number of aliphatic imine (C=N–C) groups is 1. The molecule has 3 atom stereocenters. The lowest BCUT2D eigenvalue weighted by atomic mass is 9.46. The van der Waals surface area contributed by atoms with E-state index in [1.807, 2.05) is 18.5 Å². The van der Waals surface area contributed by atoms with Crippen LogP contribution >= 0.6 is 24.0 Å². The van der Waals surface area contributed by atoms with Crippen LogP contribution in [0.5, 0.6) is 0 Å². The second-order valence-electron chi connectivity index (χ2n) is 9.57. The molecule has 2 aliphatic heterocycles. The summed E-state index contributed by atoms with van der Waals surface area (Å²) >= 11 is 0. The summed E-state index contributed by atoms with van der Waals surface area (Å²) in [5, 5.41) is 15.9. The summed E-state index contributed by atoms with van der Waals surface area (Å²) in [6.07, 6.45) is 6.59. The molecular weight excluding hydrogens is 521 g/mol. The standard InChI is InChI=1S/C22H37N7O2.HI/c1-16-26-27-18(28(16)2)15-24-21(23-8-4-9-29-10-13-30-14-11-29)25-19-17-5-12-31-20(17)22(19)6-3-7-22;/h17,19-20H,3-15H2,1-2H3,(H2,23,24,25);1H. The van der Waals surface area contributed by atoms with Crippen molar-refractivity contribution in [3.05, 3.63) is 11.6 Å². The fraction of sp³-hybridized carbons (Fsp3) is 0.864. The third-order valence-corrected chi connectivity index (χ3v) is 7.94. The molecule has 2 N–H and O–H groups in total. The first-order chi connectivity index (χ1) is 15.2. The van der Waals surface area contributed by atoms with Crippen molar-refractivity contribution < 1.29 is 9.47 Å². The smallest absolute Gasteiger partial charge is 0.191 e. The van der Waals surface area contributed by atoms with Crippen molar-refractivity contribution in [2.45, 2.75) is 57.7 Å². The number of halogens is 1. The van der Waals surface area contributed by atoms with Gasteiger partial charge in [-0.25, -0.2) is 4.99 Å². The molecule has 0 radical (unpaired) electrons. The molecule has 2 saturated carbocycles. The van der Waals surface area contributed by atoms with Gasteiger partial charge in [-0.15, -0.1) is 34.2 Å². The second kappa shape index (κ2) is 10.5. The zero-order chi connectivity index (χ0) is 21.3. The zero-order valence-electron chi connectivity index (χ0n) is 19.4. The molecule has 1 aromatic rings. The van der Waals surface area contributed by atoms with Gasteiger partial charge in [-0.3, -0.25) is 4.90 Å². The SMILES string of the molecule is Cc1nnc(CN=C(NCCCN2CCOCC2)NC2C3CCOC3C23CCC3)n1C.I. The van der Waals surface area contributed by atoms with Crippen molar-refractivity contribution in [3.63, 3.8) is 0 Å². The molecule has 3 heterocycles. The first kappa shape index (κ1) is 24.2. The molecule has 9 nitrogen and oxygen atoms in total. The lowest BCUT2D eigenvalue weighted by Crippen LogP contribution is -2.72. The number of nitrogens with zero attached hydrogens (tertiary/aromatic N) is 5.